The van der Waals surface area contributed by atoms with Crippen LogP contribution in [0.4, 0.5) is 40.6 Å². The number of phenols is 3. The fraction of sp³-hybridized carbons (Fsp3) is 0. The standard InChI is InChI=1S/C31H22N10O8/c42-21-10-6-17(7-11-21)14-24-28(45)39(27(32-24)18-4-2-1-3-5-18)38-31-36-29(33-22-12-8-19(40(46)47)15-25(22)43)35-30(37-31)34-23-13-9-20(41(48)49)16-26(23)44/h1-16,42-44H,(H3,33,34,35,36,37,38). The van der Waals surface area contributed by atoms with Gasteiger partial charge in [-0.25, -0.2) is 4.99 Å². The van der Waals surface area contributed by atoms with Gasteiger partial charge in [0, 0.05) is 17.7 Å². The third-order valence-corrected chi connectivity index (χ3v) is 6.81. The van der Waals surface area contributed by atoms with Crippen LogP contribution in [0.2, 0.25) is 0 Å². The van der Waals surface area contributed by atoms with Gasteiger partial charge in [0.2, 0.25) is 17.8 Å². The largest absolute Gasteiger partial charge is 0.508 e. The van der Waals surface area contributed by atoms with E-state index in [1.54, 1.807) is 42.5 Å². The average molecular weight is 663 g/mol. The van der Waals surface area contributed by atoms with Gasteiger partial charge in [0.1, 0.15) is 22.9 Å². The summed E-state index contributed by atoms with van der Waals surface area (Å²) < 4.78 is 0. The third-order valence-electron chi connectivity index (χ3n) is 6.81. The average Bonchev–Trinajstić information content (AvgIpc) is 3.38. The Morgan fingerprint density at radius 1 is 0.694 bits per heavy atom. The van der Waals surface area contributed by atoms with Gasteiger partial charge in [-0.1, -0.05) is 42.5 Å². The number of nitro groups is 2. The summed E-state index contributed by atoms with van der Waals surface area (Å²) in [4.78, 5) is 52.0. The van der Waals surface area contributed by atoms with E-state index < -0.39 is 27.3 Å². The number of aliphatic imine (C=N–C) groups is 1. The predicted molar refractivity (Wildman–Crippen MR) is 175 cm³/mol. The van der Waals surface area contributed by atoms with Gasteiger partial charge in [-0.15, -0.1) is 0 Å². The Bertz CT molecular complexity index is 2090. The summed E-state index contributed by atoms with van der Waals surface area (Å²) in [5, 5.41) is 59.4. The molecule has 0 atom stereocenters. The van der Waals surface area contributed by atoms with E-state index >= 15 is 0 Å². The number of nitrogens with zero attached hydrogens (tertiary/aromatic N) is 7. The molecule has 4 aromatic carbocycles. The molecule has 49 heavy (non-hydrogen) atoms. The molecule has 1 aliphatic heterocycles. The molecule has 0 aliphatic carbocycles. The Balaban J connectivity index is 1.39. The topological polar surface area (TPSA) is 254 Å². The summed E-state index contributed by atoms with van der Waals surface area (Å²) in [6.45, 7) is 0. The Labute approximate surface area is 274 Å². The number of hydrazine groups is 1. The van der Waals surface area contributed by atoms with Gasteiger partial charge < -0.3 is 26.0 Å². The van der Waals surface area contributed by atoms with Gasteiger partial charge in [0.05, 0.1) is 33.4 Å². The fourth-order valence-electron chi connectivity index (χ4n) is 4.49. The van der Waals surface area contributed by atoms with E-state index in [2.05, 4.69) is 36.0 Å². The van der Waals surface area contributed by atoms with Crippen LogP contribution >= 0.6 is 0 Å². The first kappa shape index (κ1) is 31.4. The van der Waals surface area contributed by atoms with Gasteiger partial charge in [0.15, 0.2) is 5.84 Å². The smallest absolute Gasteiger partial charge is 0.297 e. The highest BCUT2D eigenvalue weighted by Gasteiger charge is 2.32. The van der Waals surface area contributed by atoms with Crippen LogP contribution in [0.3, 0.4) is 0 Å². The lowest BCUT2D eigenvalue weighted by Crippen LogP contribution is -2.38. The van der Waals surface area contributed by atoms with Gasteiger partial charge in [-0.2, -0.15) is 20.0 Å². The lowest BCUT2D eigenvalue weighted by atomic mass is 10.2. The number of carbonyl (C=O) groups is 1. The second kappa shape index (κ2) is 13.0. The number of hydrogen-bond donors (Lipinski definition) is 6. The summed E-state index contributed by atoms with van der Waals surface area (Å²) in [5.74, 6) is -2.06. The molecule has 0 unspecified atom stereocenters. The Morgan fingerprint density at radius 3 is 1.73 bits per heavy atom. The molecule has 244 valence electrons. The number of aromatic nitrogens is 3. The molecule has 6 N–H and O–H groups in total. The number of carbonyl (C=O) groups excluding carboxylic acids is 1. The highest BCUT2D eigenvalue weighted by molar-refractivity contribution is 6.20. The first-order valence-electron chi connectivity index (χ1n) is 14.0. The molecule has 5 aromatic rings. The number of nitro benzene ring substituents is 2. The lowest BCUT2D eigenvalue weighted by Gasteiger charge is -2.20. The predicted octanol–water partition coefficient (Wildman–Crippen LogP) is 4.95. The zero-order valence-electron chi connectivity index (χ0n) is 24.8. The second-order valence-corrected chi connectivity index (χ2v) is 10.1. The number of aromatic hydroxyl groups is 3. The van der Waals surface area contributed by atoms with Crippen molar-refractivity contribution in [1.82, 2.24) is 20.0 Å². The molecular formula is C31H22N10O8. The zero-order chi connectivity index (χ0) is 34.7. The van der Waals surface area contributed by atoms with Crippen molar-refractivity contribution < 1.29 is 30.0 Å². The van der Waals surface area contributed by atoms with Gasteiger partial charge in [0.25, 0.3) is 17.3 Å². The summed E-state index contributed by atoms with van der Waals surface area (Å²) in [5.41, 5.74) is 3.22. The second-order valence-electron chi connectivity index (χ2n) is 10.1. The zero-order valence-corrected chi connectivity index (χ0v) is 24.8. The molecular weight excluding hydrogens is 640 g/mol. The normalized spacial score (nSPS) is 13.2. The Hall–Kier alpha value is -7.63. The highest BCUT2D eigenvalue weighted by Crippen LogP contribution is 2.33. The highest BCUT2D eigenvalue weighted by atomic mass is 16.6. The minimum absolute atomic E-state index is 0.0187. The Morgan fingerprint density at radius 2 is 1.22 bits per heavy atom. The van der Waals surface area contributed by atoms with Crippen molar-refractivity contribution in [1.29, 1.82) is 0 Å². The number of anilines is 5. The van der Waals surface area contributed by atoms with E-state index in [0.717, 1.165) is 29.3 Å². The Kier molecular flexibility index (Phi) is 8.32. The number of amidine groups is 1. The first-order valence-corrected chi connectivity index (χ1v) is 14.0. The molecule has 6 rings (SSSR count). The van der Waals surface area contributed by atoms with Crippen molar-refractivity contribution in [2.24, 2.45) is 4.99 Å². The van der Waals surface area contributed by atoms with E-state index in [9.17, 15) is 40.3 Å². The number of nitrogens with one attached hydrogen (secondary N) is 3. The number of hydrogen-bond acceptors (Lipinski definition) is 15. The van der Waals surface area contributed by atoms with E-state index in [1.165, 1.54) is 30.3 Å². The van der Waals surface area contributed by atoms with Crippen LogP contribution in [0.5, 0.6) is 17.2 Å². The molecule has 0 fully saturated rings. The van der Waals surface area contributed by atoms with E-state index in [0.29, 0.717) is 11.1 Å². The minimum atomic E-state index is -0.684. The van der Waals surface area contributed by atoms with E-state index in [-0.39, 0.29) is 57.9 Å². The maximum Gasteiger partial charge on any atom is 0.297 e. The first-order chi connectivity index (χ1) is 23.5. The van der Waals surface area contributed by atoms with Crippen molar-refractivity contribution in [3.8, 4) is 17.2 Å². The molecule has 0 saturated carbocycles. The maximum absolute atomic E-state index is 13.7. The van der Waals surface area contributed by atoms with Crippen LogP contribution in [-0.2, 0) is 4.79 Å². The molecule has 2 heterocycles. The summed E-state index contributed by atoms with van der Waals surface area (Å²) in [7, 11) is 0. The van der Waals surface area contributed by atoms with Crippen molar-refractivity contribution >= 4 is 58.4 Å². The lowest BCUT2D eigenvalue weighted by molar-refractivity contribution is -0.385. The van der Waals surface area contributed by atoms with Crippen molar-refractivity contribution in [3.63, 3.8) is 0 Å². The molecule has 18 heteroatoms. The molecule has 1 aromatic heterocycles. The van der Waals surface area contributed by atoms with Crippen LogP contribution in [0.1, 0.15) is 11.1 Å². The quantitative estimate of drug-likeness (QED) is 0.0501. The van der Waals surface area contributed by atoms with E-state index in [4.69, 9.17) is 0 Å². The minimum Gasteiger partial charge on any atom is -0.508 e. The molecule has 0 saturated heterocycles. The number of amides is 1. The summed E-state index contributed by atoms with van der Waals surface area (Å²) in [6.07, 6.45) is 1.52. The number of rotatable bonds is 10. The summed E-state index contributed by atoms with van der Waals surface area (Å²) in [6, 6.07) is 21.5. The van der Waals surface area contributed by atoms with Crippen LogP contribution < -0.4 is 16.1 Å². The molecule has 1 amide bonds. The van der Waals surface area contributed by atoms with Crippen LogP contribution in [0.15, 0.2) is 102 Å². The third kappa shape index (κ3) is 6.97. The van der Waals surface area contributed by atoms with Gasteiger partial charge in [-0.3, -0.25) is 30.4 Å². The van der Waals surface area contributed by atoms with Crippen molar-refractivity contribution in [2.75, 3.05) is 16.1 Å². The van der Waals surface area contributed by atoms with Crippen LogP contribution in [0, 0.1) is 20.2 Å². The number of benzene rings is 4. The number of non-ortho nitro benzene ring substituents is 2. The number of phenolic OH excluding ortho intramolecular Hbond substituents is 3. The van der Waals surface area contributed by atoms with Crippen molar-refractivity contribution in [2.45, 2.75) is 0 Å². The van der Waals surface area contributed by atoms with Crippen LogP contribution in [0.25, 0.3) is 6.08 Å². The van der Waals surface area contributed by atoms with Gasteiger partial charge in [-0.05, 0) is 35.9 Å². The fourth-order valence-corrected chi connectivity index (χ4v) is 4.49. The summed E-state index contributed by atoms with van der Waals surface area (Å²) >= 11 is 0. The monoisotopic (exact) mass is 662 g/mol. The van der Waals surface area contributed by atoms with Crippen molar-refractivity contribution in [3.05, 3.63) is 128 Å². The maximum atomic E-state index is 13.7. The molecule has 0 radical (unpaired) electrons. The molecule has 0 spiro atoms. The van der Waals surface area contributed by atoms with Gasteiger partial charge >= 0.3 is 0 Å². The SMILES string of the molecule is O=C1C(=Cc2ccc(O)cc2)N=C(c2ccccc2)N1Nc1nc(Nc2ccc([N+](=O)[O-])cc2O)nc(Nc2ccc([N+](=O)[O-])cc2O)n1. The van der Waals surface area contributed by atoms with Crippen LogP contribution in [-0.4, -0.2) is 56.9 Å². The van der Waals surface area contributed by atoms with E-state index in [1.807, 2.05) is 0 Å². The molecule has 18 nitrogen and oxygen atoms in total. The molecule has 1 aliphatic rings. The molecule has 0 bridgehead atoms.